The summed E-state index contributed by atoms with van der Waals surface area (Å²) >= 11 is 8.24. The van der Waals surface area contributed by atoms with Gasteiger partial charge in [-0.3, -0.25) is 19.3 Å². The third-order valence-electron chi connectivity index (χ3n) is 5.99. The normalized spacial score (nSPS) is 21.9. The van der Waals surface area contributed by atoms with Crippen LogP contribution < -0.4 is 11.1 Å². The Morgan fingerprint density at radius 2 is 2.08 bits per heavy atom. The molecule has 0 bridgehead atoms. The van der Waals surface area contributed by atoms with E-state index >= 15 is 0 Å². The number of ether oxygens (including phenoxy) is 3. The van der Waals surface area contributed by atoms with E-state index < -0.39 is 47.4 Å². The lowest BCUT2D eigenvalue weighted by molar-refractivity contribution is -0.169. The Balaban J connectivity index is 1.37. The number of carbonyl (C=O) groups excluding carboxylic acids is 5. The Morgan fingerprint density at radius 1 is 1.31 bits per heavy atom. The molecule has 12 nitrogen and oxygen atoms in total. The third kappa shape index (κ3) is 4.97. The van der Waals surface area contributed by atoms with Crippen LogP contribution in [0.5, 0.6) is 0 Å². The number of nitrogens with one attached hydrogen (secondary N) is 1. The predicted molar refractivity (Wildman–Crippen MR) is 140 cm³/mol. The number of hydrogen-bond acceptors (Lipinski definition) is 12. The van der Waals surface area contributed by atoms with Gasteiger partial charge in [-0.15, -0.1) is 23.1 Å². The molecule has 5 rings (SSSR count). The number of fused-ring (bicyclic) bond motifs is 2. The van der Waals surface area contributed by atoms with Gasteiger partial charge in [0.1, 0.15) is 23.7 Å². The van der Waals surface area contributed by atoms with Crippen molar-refractivity contribution in [2.75, 3.05) is 18.1 Å². The molecule has 3 aliphatic rings. The summed E-state index contributed by atoms with van der Waals surface area (Å²) in [5, 5.41) is 3.76. The van der Waals surface area contributed by atoms with Crippen molar-refractivity contribution in [1.29, 1.82) is 0 Å². The topological polar surface area (TPSA) is 167 Å². The number of rotatable bonds is 7. The number of nitrogen functional groups attached to an aromatic ring is 1. The summed E-state index contributed by atoms with van der Waals surface area (Å²) in [6, 6.07) is 5.45. The van der Waals surface area contributed by atoms with Crippen molar-refractivity contribution >= 4 is 75.1 Å². The van der Waals surface area contributed by atoms with E-state index in [0.717, 1.165) is 16.9 Å². The lowest BCUT2D eigenvalue weighted by Crippen LogP contribution is -2.70. The third-order valence-corrected chi connectivity index (χ3v) is 8.22. The van der Waals surface area contributed by atoms with Crippen LogP contribution in [-0.2, 0) is 33.4 Å². The molecule has 15 heteroatoms. The minimum atomic E-state index is -1.31. The molecule has 0 spiro atoms. The van der Waals surface area contributed by atoms with Crippen molar-refractivity contribution in [1.82, 2.24) is 15.2 Å². The number of hydrogen-bond donors (Lipinski definition) is 2. The van der Waals surface area contributed by atoms with E-state index in [-0.39, 0.29) is 40.0 Å². The summed E-state index contributed by atoms with van der Waals surface area (Å²) in [6.07, 6.45) is -1.31. The number of halogens is 1. The Morgan fingerprint density at radius 3 is 2.77 bits per heavy atom. The zero-order valence-electron chi connectivity index (χ0n) is 20.0. The molecule has 1 fully saturated rings. The number of β-lactam (4-membered cyclic amide) rings is 1. The average Bonchev–Trinajstić information content (AvgIpc) is 3.48. The molecule has 0 saturated carbocycles. The number of thioether (sulfide) groups is 1. The number of carbonyl (C=O) groups is 5. The fraction of sp³-hybridized carbons (Fsp3) is 0.250. The number of nitrogens with zero attached hydrogens (tertiary/aromatic N) is 2. The van der Waals surface area contributed by atoms with Gasteiger partial charge >= 0.3 is 17.9 Å². The average molecular weight is 591 g/mol. The van der Waals surface area contributed by atoms with Crippen LogP contribution in [0.3, 0.4) is 0 Å². The number of anilines is 1. The van der Waals surface area contributed by atoms with E-state index in [1.807, 2.05) is 0 Å². The van der Waals surface area contributed by atoms with E-state index in [4.69, 9.17) is 31.5 Å². The molecule has 202 valence electrons. The number of cyclic esters (lactones) is 1. The molecule has 2 amide bonds. The smallest absolute Gasteiger partial charge is 0.358 e. The first-order valence-electron chi connectivity index (χ1n) is 11.3. The van der Waals surface area contributed by atoms with Crippen LogP contribution in [0.1, 0.15) is 34.8 Å². The first-order valence-corrected chi connectivity index (χ1v) is 13.7. The molecule has 39 heavy (non-hydrogen) atoms. The molecule has 3 atom stereocenters. The zero-order chi connectivity index (χ0) is 27.8. The first-order chi connectivity index (χ1) is 18.7. The molecule has 0 radical (unpaired) electrons. The summed E-state index contributed by atoms with van der Waals surface area (Å²) in [5.74, 6) is -3.23. The van der Waals surface area contributed by atoms with Crippen LogP contribution in [-0.4, -0.2) is 63.4 Å². The van der Waals surface area contributed by atoms with E-state index in [9.17, 15) is 24.0 Å². The number of aromatic nitrogens is 1. The molecule has 1 saturated heterocycles. The van der Waals surface area contributed by atoms with E-state index in [0.29, 0.717) is 11.1 Å². The second kappa shape index (κ2) is 10.7. The fourth-order valence-electron chi connectivity index (χ4n) is 4.18. The van der Waals surface area contributed by atoms with Crippen LogP contribution in [0.25, 0.3) is 5.57 Å². The minimum Gasteiger partial charge on any atom is -0.461 e. The summed E-state index contributed by atoms with van der Waals surface area (Å²) < 4.78 is 15.8. The lowest BCUT2D eigenvalue weighted by Gasteiger charge is -2.49. The maximum absolute atomic E-state index is 13.4. The molecule has 1 aromatic heterocycles. The molecule has 3 N–H and O–H groups in total. The van der Waals surface area contributed by atoms with E-state index in [2.05, 4.69) is 10.3 Å². The number of thiazole rings is 1. The Hall–Kier alpha value is -3.88. The molecule has 4 heterocycles. The second-order valence-corrected chi connectivity index (χ2v) is 10.6. The lowest BCUT2D eigenvalue weighted by atomic mass is 10.0. The van der Waals surface area contributed by atoms with Crippen molar-refractivity contribution < 1.29 is 38.2 Å². The molecule has 2 aromatic rings. The highest BCUT2D eigenvalue weighted by molar-refractivity contribution is 8.00. The zero-order valence-corrected chi connectivity index (χ0v) is 22.4. The molecular formula is C24H19ClN4O8S2. The van der Waals surface area contributed by atoms with Crippen LogP contribution >= 0.6 is 34.7 Å². The second-order valence-electron chi connectivity index (χ2n) is 8.42. The number of amides is 2. The summed E-state index contributed by atoms with van der Waals surface area (Å²) in [7, 11) is 0. The quantitative estimate of drug-likeness (QED) is 0.275. The van der Waals surface area contributed by atoms with Crippen LogP contribution in [0, 0.1) is 0 Å². The molecule has 1 aromatic carbocycles. The highest BCUT2D eigenvalue weighted by Crippen LogP contribution is 2.42. The monoisotopic (exact) mass is 590 g/mol. The van der Waals surface area contributed by atoms with Gasteiger partial charge in [-0.1, -0.05) is 29.8 Å². The highest BCUT2D eigenvalue weighted by atomic mass is 35.5. The first kappa shape index (κ1) is 26.7. The summed E-state index contributed by atoms with van der Waals surface area (Å²) in [4.78, 5) is 68.4. The molecule has 1 unspecified atom stereocenters. The molecule has 3 aliphatic heterocycles. The largest absolute Gasteiger partial charge is 0.461 e. The summed E-state index contributed by atoms with van der Waals surface area (Å²) in [5.41, 5.74) is 7.76. The maximum atomic E-state index is 13.4. The van der Waals surface area contributed by atoms with Crippen molar-refractivity contribution in [3.8, 4) is 0 Å². The van der Waals surface area contributed by atoms with Gasteiger partial charge in [-0.2, -0.15) is 0 Å². The van der Waals surface area contributed by atoms with E-state index in [1.165, 1.54) is 23.6 Å². The Labute approximate surface area is 234 Å². The van der Waals surface area contributed by atoms with Gasteiger partial charge in [0.05, 0.1) is 16.8 Å². The van der Waals surface area contributed by atoms with Gasteiger partial charge in [-0.25, -0.2) is 14.6 Å². The van der Waals surface area contributed by atoms with E-state index in [1.54, 1.807) is 29.6 Å². The minimum absolute atomic E-state index is 0.0177. The Kier molecular flexibility index (Phi) is 7.34. The van der Waals surface area contributed by atoms with Crippen molar-refractivity contribution in [3.63, 3.8) is 0 Å². The van der Waals surface area contributed by atoms with Crippen LogP contribution in [0.2, 0.25) is 0 Å². The van der Waals surface area contributed by atoms with Gasteiger partial charge in [0, 0.05) is 34.7 Å². The molecule has 0 aliphatic carbocycles. The predicted octanol–water partition coefficient (Wildman–Crippen LogP) is 1.93. The van der Waals surface area contributed by atoms with Crippen molar-refractivity contribution in [2.24, 2.45) is 0 Å². The maximum Gasteiger partial charge on any atom is 0.358 e. The number of esters is 3. The van der Waals surface area contributed by atoms with Crippen LogP contribution in [0.15, 0.2) is 46.5 Å². The number of nitrogens with two attached hydrogens (primary N) is 1. The SMILES string of the molecule is CC(=O)OCC1=C(C(=O)OC2OC(=O)c3ccccc32)N2C(=O)[C@@H](NC(=O)C(=CCl)c3csc(N)n3)[C@H]2SC1. The highest BCUT2D eigenvalue weighted by Gasteiger charge is 2.55. The Bertz CT molecular complexity index is 1470. The number of benzene rings is 1. The fourth-order valence-corrected chi connectivity index (χ4v) is 6.28. The van der Waals surface area contributed by atoms with Crippen LogP contribution in [0.4, 0.5) is 5.13 Å². The molecular weight excluding hydrogens is 572 g/mol. The van der Waals surface area contributed by atoms with Crippen molar-refractivity contribution in [3.05, 3.63) is 63.3 Å². The standard InChI is InChI=1S/C24H19ClN4O8S2/c1-10(30)35-7-11-8-38-20-16(28-18(31)14(6-25)15-9-39-24(26)27-15)19(32)29(20)17(11)22(34)37-23-13-5-3-2-4-12(13)21(33)36-23/h2-6,9,16,20,23H,7-8H2,1H3,(H2,26,27)(H,28,31)/t16-,20-,23?/m1/s1. The van der Waals surface area contributed by atoms with Gasteiger partial charge in [-0.05, 0) is 6.07 Å². The van der Waals surface area contributed by atoms with Gasteiger partial charge in [0.25, 0.3) is 18.1 Å². The van der Waals surface area contributed by atoms with Gasteiger partial charge in [0.2, 0.25) is 0 Å². The summed E-state index contributed by atoms with van der Waals surface area (Å²) in [6.45, 7) is 0.955. The van der Waals surface area contributed by atoms with Crippen molar-refractivity contribution in [2.45, 2.75) is 24.6 Å². The van der Waals surface area contributed by atoms with Gasteiger partial charge < -0.3 is 25.3 Å². The van der Waals surface area contributed by atoms with Gasteiger partial charge in [0.15, 0.2) is 5.13 Å².